The molecule has 6 nitrogen and oxygen atoms in total. The first-order chi connectivity index (χ1) is 13.5. The van der Waals surface area contributed by atoms with E-state index in [2.05, 4.69) is 4.90 Å². The van der Waals surface area contributed by atoms with E-state index in [1.807, 2.05) is 4.90 Å². The second kappa shape index (κ2) is 9.43. The highest BCUT2D eigenvalue weighted by atomic mass is 19.1. The maximum Gasteiger partial charge on any atom is 0.256 e. The van der Waals surface area contributed by atoms with Crippen molar-refractivity contribution in [1.82, 2.24) is 14.7 Å². The van der Waals surface area contributed by atoms with Crippen LogP contribution >= 0.6 is 0 Å². The lowest BCUT2D eigenvalue weighted by Gasteiger charge is -2.30. The minimum absolute atomic E-state index is 0.0192. The van der Waals surface area contributed by atoms with Crippen LogP contribution in [0.25, 0.3) is 0 Å². The summed E-state index contributed by atoms with van der Waals surface area (Å²) in [6, 6.07) is 2.89. The van der Waals surface area contributed by atoms with E-state index in [0.29, 0.717) is 32.1 Å². The van der Waals surface area contributed by atoms with Gasteiger partial charge in [0.2, 0.25) is 5.91 Å². The molecule has 2 aliphatic heterocycles. The number of morpholine rings is 1. The van der Waals surface area contributed by atoms with Gasteiger partial charge in [0.05, 0.1) is 24.8 Å². The van der Waals surface area contributed by atoms with Gasteiger partial charge in [0.15, 0.2) is 0 Å². The molecular weight excluding hydrogens is 368 g/mol. The number of rotatable bonds is 6. The molecule has 2 heterocycles. The van der Waals surface area contributed by atoms with E-state index in [0.717, 1.165) is 45.3 Å². The second-order valence-corrected chi connectivity index (χ2v) is 7.34. The number of benzene rings is 1. The average molecular weight is 395 g/mol. The molecule has 2 aliphatic rings. The van der Waals surface area contributed by atoms with Crippen molar-refractivity contribution in [1.29, 1.82) is 0 Å². The quantitative estimate of drug-likeness (QED) is 0.737. The van der Waals surface area contributed by atoms with Crippen molar-refractivity contribution in [2.45, 2.75) is 25.8 Å². The van der Waals surface area contributed by atoms with Gasteiger partial charge in [-0.05, 0) is 25.0 Å². The van der Waals surface area contributed by atoms with E-state index >= 15 is 0 Å². The van der Waals surface area contributed by atoms with Gasteiger partial charge < -0.3 is 14.5 Å². The van der Waals surface area contributed by atoms with Gasteiger partial charge in [-0.3, -0.25) is 14.5 Å². The van der Waals surface area contributed by atoms with E-state index in [9.17, 15) is 18.4 Å². The molecule has 28 heavy (non-hydrogen) atoms. The molecule has 0 N–H and O–H groups in total. The van der Waals surface area contributed by atoms with Gasteiger partial charge in [0, 0.05) is 52.3 Å². The number of ether oxygens (including phenoxy) is 1. The summed E-state index contributed by atoms with van der Waals surface area (Å²) >= 11 is 0. The molecule has 1 unspecified atom stereocenters. The minimum Gasteiger partial charge on any atom is -0.379 e. The predicted octanol–water partition coefficient (Wildman–Crippen LogP) is 1.75. The fourth-order valence-electron chi connectivity index (χ4n) is 3.90. The molecule has 8 heteroatoms. The highest BCUT2D eigenvalue weighted by Crippen LogP contribution is 2.20. The van der Waals surface area contributed by atoms with Gasteiger partial charge in [0.25, 0.3) is 5.91 Å². The van der Waals surface area contributed by atoms with E-state index in [4.69, 9.17) is 4.74 Å². The van der Waals surface area contributed by atoms with E-state index in [-0.39, 0.29) is 17.5 Å². The molecule has 1 aromatic carbocycles. The summed E-state index contributed by atoms with van der Waals surface area (Å²) in [7, 11) is 0. The lowest BCUT2D eigenvalue weighted by atomic mass is 10.2. The Morgan fingerprint density at radius 2 is 1.96 bits per heavy atom. The molecule has 3 rings (SSSR count). The van der Waals surface area contributed by atoms with Crippen LogP contribution in [0.5, 0.6) is 0 Å². The average Bonchev–Trinajstić information content (AvgIpc) is 3.15. The molecule has 0 spiro atoms. The Morgan fingerprint density at radius 3 is 2.64 bits per heavy atom. The standard InChI is InChI=1S/C20H27F2N3O3/c1-15(26)25(7-2-6-23-9-11-28-12-10-23)17-5-8-24(14-17)20(27)18-4-3-16(21)13-19(18)22/h3-4,13,17H,2,5-12,14H2,1H3. The number of carbonyl (C=O) groups is 2. The third-order valence-electron chi connectivity index (χ3n) is 5.43. The van der Waals surface area contributed by atoms with Crippen LogP contribution in [-0.4, -0.2) is 85.0 Å². The van der Waals surface area contributed by atoms with Gasteiger partial charge in [0.1, 0.15) is 11.6 Å². The monoisotopic (exact) mass is 395 g/mol. The lowest BCUT2D eigenvalue weighted by Crippen LogP contribution is -2.44. The van der Waals surface area contributed by atoms with Crippen LogP contribution in [0.1, 0.15) is 30.1 Å². The molecule has 0 bridgehead atoms. The van der Waals surface area contributed by atoms with Crippen molar-refractivity contribution in [3.05, 3.63) is 35.4 Å². The lowest BCUT2D eigenvalue weighted by molar-refractivity contribution is -0.131. The van der Waals surface area contributed by atoms with Crippen LogP contribution in [0.2, 0.25) is 0 Å². The summed E-state index contributed by atoms with van der Waals surface area (Å²) in [5.41, 5.74) is -0.135. The molecule has 2 saturated heterocycles. The molecule has 154 valence electrons. The summed E-state index contributed by atoms with van der Waals surface area (Å²) in [5, 5.41) is 0. The maximum absolute atomic E-state index is 13.9. The minimum atomic E-state index is -0.859. The molecule has 0 radical (unpaired) electrons. The second-order valence-electron chi connectivity index (χ2n) is 7.34. The van der Waals surface area contributed by atoms with Crippen LogP contribution in [-0.2, 0) is 9.53 Å². The highest BCUT2D eigenvalue weighted by molar-refractivity contribution is 5.94. The molecule has 0 aromatic heterocycles. The maximum atomic E-state index is 13.9. The van der Waals surface area contributed by atoms with Crippen molar-refractivity contribution >= 4 is 11.8 Å². The van der Waals surface area contributed by atoms with Crippen LogP contribution in [0, 0.1) is 11.6 Å². The number of carbonyl (C=O) groups excluding carboxylic acids is 2. The van der Waals surface area contributed by atoms with Crippen LogP contribution in [0.4, 0.5) is 8.78 Å². The van der Waals surface area contributed by atoms with Crippen LogP contribution < -0.4 is 0 Å². The fraction of sp³-hybridized carbons (Fsp3) is 0.600. The topological polar surface area (TPSA) is 53.1 Å². The van der Waals surface area contributed by atoms with Gasteiger partial charge in [-0.25, -0.2) is 8.78 Å². The third kappa shape index (κ3) is 5.05. The van der Waals surface area contributed by atoms with Crippen molar-refractivity contribution in [3.8, 4) is 0 Å². The summed E-state index contributed by atoms with van der Waals surface area (Å²) in [6.45, 7) is 7.21. The van der Waals surface area contributed by atoms with Gasteiger partial charge in [-0.15, -0.1) is 0 Å². The summed E-state index contributed by atoms with van der Waals surface area (Å²) in [6.07, 6.45) is 1.52. The van der Waals surface area contributed by atoms with E-state index < -0.39 is 17.5 Å². The van der Waals surface area contributed by atoms with Crippen molar-refractivity contribution in [2.24, 2.45) is 0 Å². The van der Waals surface area contributed by atoms with Gasteiger partial charge in [-0.2, -0.15) is 0 Å². The van der Waals surface area contributed by atoms with Gasteiger partial charge in [-0.1, -0.05) is 0 Å². The molecule has 1 aromatic rings. The Bertz CT molecular complexity index is 710. The number of hydrogen-bond acceptors (Lipinski definition) is 4. The van der Waals surface area contributed by atoms with Crippen molar-refractivity contribution in [3.63, 3.8) is 0 Å². The largest absolute Gasteiger partial charge is 0.379 e. The molecule has 1 atom stereocenters. The number of hydrogen-bond donors (Lipinski definition) is 0. The zero-order chi connectivity index (χ0) is 20.1. The van der Waals surface area contributed by atoms with E-state index in [1.54, 1.807) is 11.8 Å². The Balaban J connectivity index is 1.55. The van der Waals surface area contributed by atoms with Crippen LogP contribution in [0.3, 0.4) is 0 Å². The fourth-order valence-corrected chi connectivity index (χ4v) is 3.90. The third-order valence-corrected chi connectivity index (χ3v) is 5.43. The summed E-state index contributed by atoms with van der Waals surface area (Å²) in [5.74, 6) is -2.05. The first-order valence-corrected chi connectivity index (χ1v) is 9.77. The molecule has 0 saturated carbocycles. The number of likely N-dealkylation sites (tertiary alicyclic amines) is 1. The van der Waals surface area contributed by atoms with E-state index in [1.165, 1.54) is 6.07 Å². The Hall–Kier alpha value is -2.06. The highest BCUT2D eigenvalue weighted by Gasteiger charge is 2.32. The smallest absolute Gasteiger partial charge is 0.256 e. The number of amides is 2. The van der Waals surface area contributed by atoms with Crippen LogP contribution in [0.15, 0.2) is 18.2 Å². The number of nitrogens with zero attached hydrogens (tertiary/aromatic N) is 3. The SMILES string of the molecule is CC(=O)N(CCCN1CCOCC1)C1CCN(C(=O)c2ccc(F)cc2F)C1. The molecule has 2 fully saturated rings. The Morgan fingerprint density at radius 1 is 1.21 bits per heavy atom. The molecule has 2 amide bonds. The first-order valence-electron chi connectivity index (χ1n) is 9.77. The molecular formula is C20H27F2N3O3. The summed E-state index contributed by atoms with van der Waals surface area (Å²) < 4.78 is 32.3. The Kier molecular flexibility index (Phi) is 6.96. The predicted molar refractivity (Wildman–Crippen MR) is 99.9 cm³/mol. The normalized spacial score (nSPS) is 20.4. The number of halogens is 2. The zero-order valence-electron chi connectivity index (χ0n) is 16.2. The molecule has 0 aliphatic carbocycles. The summed E-state index contributed by atoms with van der Waals surface area (Å²) in [4.78, 5) is 30.4. The van der Waals surface area contributed by atoms with Crippen molar-refractivity contribution in [2.75, 3.05) is 52.5 Å². The van der Waals surface area contributed by atoms with Gasteiger partial charge >= 0.3 is 0 Å². The Labute approximate surface area is 164 Å². The zero-order valence-corrected chi connectivity index (χ0v) is 16.2. The van der Waals surface area contributed by atoms with Crippen molar-refractivity contribution < 1.29 is 23.1 Å². The first kappa shape index (κ1) is 20.7.